The summed E-state index contributed by atoms with van der Waals surface area (Å²) in [6, 6.07) is 7.92. The fourth-order valence-electron chi connectivity index (χ4n) is 3.50. The van der Waals surface area contributed by atoms with Crippen molar-refractivity contribution in [3.63, 3.8) is 0 Å². The van der Waals surface area contributed by atoms with Crippen LogP contribution in [0.2, 0.25) is 0 Å². The molecule has 3 heterocycles. The third-order valence-corrected chi connectivity index (χ3v) is 5.07. The summed E-state index contributed by atoms with van der Waals surface area (Å²) in [5, 5.41) is 2.93. The van der Waals surface area contributed by atoms with Crippen molar-refractivity contribution in [1.29, 1.82) is 0 Å². The van der Waals surface area contributed by atoms with Gasteiger partial charge in [-0.25, -0.2) is 14.8 Å². The number of aromatic nitrogens is 3. The fraction of sp³-hybridized carbons (Fsp3) is 0.381. The van der Waals surface area contributed by atoms with E-state index in [1.54, 1.807) is 6.20 Å². The van der Waals surface area contributed by atoms with Crippen molar-refractivity contribution in [2.24, 2.45) is 0 Å². The second-order valence-corrected chi connectivity index (χ2v) is 6.87. The lowest BCUT2D eigenvalue weighted by atomic mass is 10.0. The molecule has 1 N–H and O–H groups in total. The zero-order valence-corrected chi connectivity index (χ0v) is 16.7. The highest BCUT2D eigenvalue weighted by Gasteiger charge is 2.20. The van der Waals surface area contributed by atoms with Crippen molar-refractivity contribution >= 4 is 11.7 Å². The Hall–Kier alpha value is -3.13. The van der Waals surface area contributed by atoms with Gasteiger partial charge in [0.05, 0.1) is 24.9 Å². The first-order valence-corrected chi connectivity index (χ1v) is 9.86. The van der Waals surface area contributed by atoms with Gasteiger partial charge in [0.2, 0.25) is 5.65 Å². The number of rotatable bonds is 1. The van der Waals surface area contributed by atoms with Crippen LogP contribution < -0.4 is 10.1 Å². The van der Waals surface area contributed by atoms with Crippen LogP contribution in [0, 0.1) is 0 Å². The molecule has 8 heteroatoms. The van der Waals surface area contributed by atoms with Gasteiger partial charge < -0.3 is 24.1 Å². The average Bonchev–Trinajstić information content (AvgIpc) is 3.21. The highest BCUT2D eigenvalue weighted by Crippen LogP contribution is 2.27. The van der Waals surface area contributed by atoms with E-state index in [0.717, 1.165) is 16.8 Å². The highest BCUT2D eigenvalue weighted by atomic mass is 16.5. The molecule has 0 fully saturated rings. The van der Waals surface area contributed by atoms with Crippen molar-refractivity contribution in [3.8, 4) is 17.1 Å². The molecule has 0 saturated carbocycles. The maximum absolute atomic E-state index is 12.6. The van der Waals surface area contributed by atoms with Crippen LogP contribution in [0.4, 0.5) is 4.79 Å². The Balaban J connectivity index is 1.77. The van der Waals surface area contributed by atoms with E-state index >= 15 is 0 Å². The van der Waals surface area contributed by atoms with Crippen LogP contribution in [0.3, 0.4) is 0 Å². The molecule has 0 radical (unpaired) electrons. The van der Waals surface area contributed by atoms with Crippen LogP contribution in [0.5, 0.6) is 5.88 Å². The largest absolute Gasteiger partial charge is 0.473 e. The lowest BCUT2D eigenvalue weighted by Crippen LogP contribution is -2.42. The number of amides is 2. The van der Waals surface area contributed by atoms with E-state index in [-0.39, 0.29) is 12.1 Å². The Bertz CT molecular complexity index is 1000. The number of benzene rings is 1. The van der Waals surface area contributed by atoms with Crippen LogP contribution in [0.1, 0.15) is 25.5 Å². The summed E-state index contributed by atoms with van der Waals surface area (Å²) in [6.07, 6.45) is 5.53. The summed E-state index contributed by atoms with van der Waals surface area (Å²) in [7, 11) is 0. The number of carbonyl (C=O) groups excluding carboxylic acids is 1. The number of urea groups is 1. The molecule has 2 amide bonds. The molecule has 1 aromatic carbocycles. The Labute approximate surface area is 169 Å². The van der Waals surface area contributed by atoms with Gasteiger partial charge in [0, 0.05) is 37.2 Å². The van der Waals surface area contributed by atoms with Crippen LogP contribution >= 0.6 is 0 Å². The van der Waals surface area contributed by atoms with Gasteiger partial charge in [-0.2, -0.15) is 0 Å². The van der Waals surface area contributed by atoms with E-state index in [1.807, 2.05) is 53.7 Å². The van der Waals surface area contributed by atoms with Crippen molar-refractivity contribution in [2.75, 3.05) is 32.9 Å². The van der Waals surface area contributed by atoms with E-state index < -0.39 is 0 Å². The minimum absolute atomic E-state index is 0.0820. The van der Waals surface area contributed by atoms with Gasteiger partial charge >= 0.3 is 6.03 Å². The maximum Gasteiger partial charge on any atom is 0.317 e. The van der Waals surface area contributed by atoms with Gasteiger partial charge in [-0.3, -0.25) is 0 Å². The first kappa shape index (κ1) is 19.2. The number of hydrogen-bond acceptors (Lipinski definition) is 5. The minimum Gasteiger partial charge on any atom is -0.473 e. The van der Waals surface area contributed by atoms with Crippen LogP contribution in [0.15, 0.2) is 42.9 Å². The summed E-state index contributed by atoms with van der Waals surface area (Å²) < 4.78 is 13.3. The monoisotopic (exact) mass is 395 g/mol. The summed E-state index contributed by atoms with van der Waals surface area (Å²) in [5.41, 5.74) is 3.44. The first-order valence-electron chi connectivity index (χ1n) is 9.86. The molecule has 8 nitrogen and oxygen atoms in total. The zero-order chi connectivity index (χ0) is 20.2. The molecule has 152 valence electrons. The van der Waals surface area contributed by atoms with Crippen molar-refractivity contribution in [2.45, 2.75) is 19.9 Å². The first-order chi connectivity index (χ1) is 14.2. The third kappa shape index (κ3) is 4.02. The van der Waals surface area contributed by atoms with Crippen LogP contribution in [0.25, 0.3) is 16.9 Å². The number of hydrogen-bond donors (Lipinski definition) is 1. The predicted octanol–water partition coefficient (Wildman–Crippen LogP) is 2.90. The number of carbonyl (C=O) groups is 1. The average molecular weight is 395 g/mol. The summed E-state index contributed by atoms with van der Waals surface area (Å²) in [6.45, 7) is 6.23. The van der Waals surface area contributed by atoms with Gasteiger partial charge in [0.1, 0.15) is 6.61 Å². The number of nitrogens with one attached hydrogen (secondary N) is 1. The van der Waals surface area contributed by atoms with Gasteiger partial charge in [-0.1, -0.05) is 18.2 Å². The summed E-state index contributed by atoms with van der Waals surface area (Å²) >= 11 is 0. The predicted molar refractivity (Wildman–Crippen MR) is 109 cm³/mol. The van der Waals surface area contributed by atoms with Crippen LogP contribution in [-0.2, 0) is 4.74 Å². The number of nitrogens with zero attached hydrogens (tertiary/aromatic N) is 4. The standard InChI is InChI=1S/C21H25N5O3/c1-3-26-15(2)16-5-4-6-17(13-16)18-14-25-9-7-22-19(25)20(24-18)29-12-11-28-10-8-23-21(26)27/h4-7,9,13-15H,3,8,10-12H2,1-2H3,(H,23,27)/t15-/m1/s1. The molecule has 1 aliphatic rings. The SMILES string of the molecule is CCN1C(=O)NCCOCCOc2nc(cn3ccnc23)-c2cccc(c2)[C@H]1C. The Morgan fingerprint density at radius 2 is 2.17 bits per heavy atom. The van der Waals surface area contributed by atoms with Crippen molar-refractivity contribution in [3.05, 3.63) is 48.4 Å². The van der Waals surface area contributed by atoms with E-state index in [4.69, 9.17) is 14.5 Å². The molecule has 1 atom stereocenters. The van der Waals surface area contributed by atoms with Crippen molar-refractivity contribution < 1.29 is 14.3 Å². The van der Waals surface area contributed by atoms with Gasteiger partial charge in [-0.15, -0.1) is 0 Å². The van der Waals surface area contributed by atoms with E-state index in [2.05, 4.69) is 16.4 Å². The number of imidazole rings is 1. The Kier molecular flexibility index (Phi) is 5.62. The molecule has 0 unspecified atom stereocenters. The molecular formula is C21H25N5O3. The molecule has 3 aromatic rings. The van der Waals surface area contributed by atoms with Gasteiger partial charge in [-0.05, 0) is 25.5 Å². The second kappa shape index (κ2) is 8.48. The molecule has 0 saturated heterocycles. The highest BCUT2D eigenvalue weighted by molar-refractivity contribution is 5.75. The van der Waals surface area contributed by atoms with Crippen molar-refractivity contribution in [1.82, 2.24) is 24.6 Å². The van der Waals surface area contributed by atoms with E-state index in [1.165, 1.54) is 0 Å². The molecule has 29 heavy (non-hydrogen) atoms. The quantitative estimate of drug-likeness (QED) is 0.685. The van der Waals surface area contributed by atoms with E-state index in [9.17, 15) is 4.79 Å². The number of ether oxygens (including phenoxy) is 2. The molecule has 0 aliphatic carbocycles. The lowest BCUT2D eigenvalue weighted by Gasteiger charge is -2.29. The Morgan fingerprint density at radius 1 is 1.28 bits per heavy atom. The molecule has 1 aliphatic heterocycles. The summed E-state index contributed by atoms with van der Waals surface area (Å²) in [5.74, 6) is 0.477. The molecular weight excluding hydrogens is 370 g/mol. The number of fused-ring (bicyclic) bond motifs is 7. The molecule has 4 rings (SSSR count). The van der Waals surface area contributed by atoms with Gasteiger partial charge in [0.15, 0.2) is 0 Å². The van der Waals surface area contributed by atoms with Gasteiger partial charge in [0.25, 0.3) is 5.88 Å². The maximum atomic E-state index is 12.6. The molecule has 2 aromatic heterocycles. The second-order valence-electron chi connectivity index (χ2n) is 6.87. The lowest BCUT2D eigenvalue weighted by molar-refractivity contribution is 0.0995. The van der Waals surface area contributed by atoms with Crippen LogP contribution in [-0.4, -0.2) is 58.2 Å². The smallest absolute Gasteiger partial charge is 0.317 e. The minimum atomic E-state index is -0.0995. The third-order valence-electron chi connectivity index (χ3n) is 5.07. The summed E-state index contributed by atoms with van der Waals surface area (Å²) in [4.78, 5) is 23.5. The van der Waals surface area contributed by atoms with E-state index in [0.29, 0.717) is 44.4 Å². The normalized spacial score (nSPS) is 18.3. The molecule has 4 bridgehead atoms. The fourth-order valence-corrected chi connectivity index (χ4v) is 3.50. The Morgan fingerprint density at radius 3 is 3.03 bits per heavy atom. The topological polar surface area (TPSA) is 81.0 Å². The molecule has 0 spiro atoms. The zero-order valence-electron chi connectivity index (χ0n) is 16.7.